The van der Waals surface area contributed by atoms with E-state index >= 15 is 0 Å². The van der Waals surface area contributed by atoms with Crippen LogP contribution in [0.15, 0.2) is 30.3 Å². The molecule has 4 heteroatoms. The highest BCUT2D eigenvalue weighted by Gasteiger charge is 2.38. The molecule has 0 saturated carbocycles. The standard InChI is InChI=1S/C18H18FNO2/c1-20-9-11-2-4-12(19)7-13(11)18-14-8-17(22)16(21)6-10(14)3-5-15(18)20/h2,4,6-8,15,18,21-22H,3,5,9H2,1H3/t15-,18-/m0/s1. The molecule has 0 unspecified atom stereocenters. The van der Waals surface area contributed by atoms with Crippen LogP contribution in [0.25, 0.3) is 0 Å². The first-order chi connectivity index (χ1) is 10.5. The van der Waals surface area contributed by atoms with Gasteiger partial charge in [-0.3, -0.25) is 4.90 Å². The van der Waals surface area contributed by atoms with E-state index in [0.717, 1.165) is 41.6 Å². The second kappa shape index (κ2) is 4.71. The second-order valence-corrected chi connectivity index (χ2v) is 6.38. The van der Waals surface area contributed by atoms with Gasteiger partial charge in [-0.05, 0) is 66.4 Å². The minimum atomic E-state index is -0.225. The molecular weight excluding hydrogens is 281 g/mol. The Morgan fingerprint density at radius 2 is 1.77 bits per heavy atom. The number of benzene rings is 2. The van der Waals surface area contributed by atoms with Gasteiger partial charge in [-0.1, -0.05) is 6.07 Å². The summed E-state index contributed by atoms with van der Waals surface area (Å²) in [6.45, 7) is 0.816. The molecule has 2 N–H and O–H groups in total. The minimum absolute atomic E-state index is 0.0414. The topological polar surface area (TPSA) is 43.7 Å². The molecule has 4 rings (SSSR count). The van der Waals surface area contributed by atoms with Crippen molar-refractivity contribution in [2.75, 3.05) is 7.05 Å². The molecule has 1 aliphatic heterocycles. The third-order valence-electron chi connectivity index (χ3n) is 5.09. The summed E-state index contributed by atoms with van der Waals surface area (Å²) in [5, 5.41) is 19.6. The summed E-state index contributed by atoms with van der Waals surface area (Å²) in [7, 11) is 2.09. The number of likely N-dealkylation sites (N-methyl/N-ethyl adjacent to an activating group) is 1. The van der Waals surface area contributed by atoms with Crippen LogP contribution in [0.1, 0.15) is 34.6 Å². The number of halogens is 1. The van der Waals surface area contributed by atoms with E-state index in [9.17, 15) is 14.6 Å². The van der Waals surface area contributed by atoms with Crippen LogP contribution in [0.3, 0.4) is 0 Å². The molecule has 0 saturated heterocycles. The van der Waals surface area contributed by atoms with Gasteiger partial charge < -0.3 is 10.2 Å². The second-order valence-electron chi connectivity index (χ2n) is 6.38. The Bertz CT molecular complexity index is 759. The maximum Gasteiger partial charge on any atom is 0.157 e. The summed E-state index contributed by atoms with van der Waals surface area (Å²) in [6, 6.07) is 8.57. The van der Waals surface area contributed by atoms with Crippen molar-refractivity contribution in [2.24, 2.45) is 0 Å². The van der Waals surface area contributed by atoms with Crippen LogP contribution in [0.2, 0.25) is 0 Å². The first-order valence-electron chi connectivity index (χ1n) is 7.58. The highest BCUT2D eigenvalue weighted by atomic mass is 19.1. The molecule has 0 spiro atoms. The number of aryl methyl sites for hydroxylation is 1. The molecule has 2 atom stereocenters. The highest BCUT2D eigenvalue weighted by Crippen LogP contribution is 2.46. The van der Waals surface area contributed by atoms with Crippen LogP contribution < -0.4 is 0 Å². The fourth-order valence-electron chi connectivity index (χ4n) is 4.05. The Morgan fingerprint density at radius 3 is 2.59 bits per heavy atom. The maximum absolute atomic E-state index is 13.8. The molecule has 0 aromatic heterocycles. The predicted molar refractivity (Wildman–Crippen MR) is 81.6 cm³/mol. The zero-order valence-electron chi connectivity index (χ0n) is 12.4. The van der Waals surface area contributed by atoms with Gasteiger partial charge in [0.15, 0.2) is 11.5 Å². The Labute approximate surface area is 128 Å². The van der Waals surface area contributed by atoms with Crippen LogP contribution in [0, 0.1) is 5.82 Å². The zero-order chi connectivity index (χ0) is 15.4. The lowest BCUT2D eigenvalue weighted by molar-refractivity contribution is 0.178. The number of phenols is 2. The molecule has 114 valence electrons. The molecule has 0 amide bonds. The minimum Gasteiger partial charge on any atom is -0.504 e. The molecule has 0 fully saturated rings. The summed E-state index contributed by atoms with van der Waals surface area (Å²) in [5.74, 6) is -0.372. The van der Waals surface area contributed by atoms with Crippen molar-refractivity contribution in [1.82, 2.24) is 4.90 Å². The van der Waals surface area contributed by atoms with Gasteiger partial charge >= 0.3 is 0 Å². The predicted octanol–water partition coefficient (Wildman–Crippen LogP) is 3.13. The highest BCUT2D eigenvalue weighted by molar-refractivity contribution is 5.53. The van der Waals surface area contributed by atoms with Gasteiger partial charge in [-0.2, -0.15) is 0 Å². The van der Waals surface area contributed by atoms with Crippen LogP contribution in [-0.4, -0.2) is 28.2 Å². The summed E-state index contributed by atoms with van der Waals surface area (Å²) in [6.07, 6.45) is 1.83. The Kier molecular flexibility index (Phi) is 2.91. The van der Waals surface area contributed by atoms with Crippen molar-refractivity contribution >= 4 is 0 Å². The van der Waals surface area contributed by atoms with Gasteiger partial charge in [0, 0.05) is 18.5 Å². The van der Waals surface area contributed by atoms with Crippen LogP contribution in [-0.2, 0) is 13.0 Å². The first kappa shape index (κ1) is 13.6. The van der Waals surface area contributed by atoms with Crippen molar-refractivity contribution in [2.45, 2.75) is 31.3 Å². The third-order valence-corrected chi connectivity index (χ3v) is 5.09. The van der Waals surface area contributed by atoms with E-state index in [0.29, 0.717) is 6.04 Å². The molecular formula is C18H18FNO2. The van der Waals surface area contributed by atoms with Gasteiger partial charge in [0.25, 0.3) is 0 Å². The van der Waals surface area contributed by atoms with Crippen molar-refractivity contribution in [3.63, 3.8) is 0 Å². The SMILES string of the molecule is CN1Cc2ccc(F)cc2[C@H]2c3cc(O)c(O)cc3CC[C@@H]21. The van der Waals surface area contributed by atoms with Gasteiger partial charge in [-0.25, -0.2) is 4.39 Å². The van der Waals surface area contributed by atoms with Crippen molar-refractivity contribution < 1.29 is 14.6 Å². The molecule has 1 heterocycles. The normalized spacial score (nSPS) is 23.5. The Balaban J connectivity index is 1.94. The number of phenolic OH excluding ortho intramolecular Hbond substituents is 2. The number of hydrogen-bond donors (Lipinski definition) is 2. The van der Waals surface area contributed by atoms with Gasteiger partial charge in [0.2, 0.25) is 0 Å². The van der Waals surface area contributed by atoms with E-state index in [-0.39, 0.29) is 23.2 Å². The number of nitrogens with zero attached hydrogens (tertiary/aromatic N) is 1. The molecule has 3 nitrogen and oxygen atoms in total. The number of aromatic hydroxyl groups is 2. The lowest BCUT2D eigenvalue weighted by Gasteiger charge is -2.44. The average molecular weight is 299 g/mol. The quantitative estimate of drug-likeness (QED) is 0.735. The first-order valence-corrected chi connectivity index (χ1v) is 7.58. The van der Waals surface area contributed by atoms with E-state index < -0.39 is 0 Å². The molecule has 2 aromatic rings. The lowest BCUT2D eigenvalue weighted by Crippen LogP contribution is -2.43. The fraction of sp³-hybridized carbons (Fsp3) is 0.333. The van der Waals surface area contributed by atoms with Crippen molar-refractivity contribution in [3.8, 4) is 11.5 Å². The van der Waals surface area contributed by atoms with E-state index in [1.54, 1.807) is 18.2 Å². The summed E-state index contributed by atoms with van der Waals surface area (Å²) < 4.78 is 13.8. The number of rotatable bonds is 0. The van der Waals surface area contributed by atoms with E-state index in [1.807, 2.05) is 6.07 Å². The molecule has 1 aliphatic carbocycles. The largest absolute Gasteiger partial charge is 0.504 e. The number of hydrogen-bond acceptors (Lipinski definition) is 3. The molecule has 2 aliphatic rings. The smallest absolute Gasteiger partial charge is 0.157 e. The monoisotopic (exact) mass is 299 g/mol. The van der Waals surface area contributed by atoms with Gasteiger partial charge in [0.1, 0.15) is 5.82 Å². The van der Waals surface area contributed by atoms with E-state index in [1.165, 1.54) is 6.07 Å². The average Bonchev–Trinajstić information content (AvgIpc) is 2.49. The van der Waals surface area contributed by atoms with Crippen molar-refractivity contribution in [1.29, 1.82) is 0 Å². The molecule has 2 aromatic carbocycles. The zero-order valence-corrected chi connectivity index (χ0v) is 12.4. The summed E-state index contributed by atoms with van der Waals surface area (Å²) in [4.78, 5) is 2.30. The number of fused-ring (bicyclic) bond motifs is 5. The van der Waals surface area contributed by atoms with E-state index in [2.05, 4.69) is 11.9 Å². The fourth-order valence-corrected chi connectivity index (χ4v) is 4.05. The third kappa shape index (κ3) is 1.91. The van der Waals surface area contributed by atoms with Gasteiger partial charge in [-0.15, -0.1) is 0 Å². The molecule has 0 bridgehead atoms. The maximum atomic E-state index is 13.8. The Morgan fingerprint density at radius 1 is 1.05 bits per heavy atom. The van der Waals surface area contributed by atoms with E-state index in [4.69, 9.17) is 0 Å². The van der Waals surface area contributed by atoms with Crippen LogP contribution in [0.5, 0.6) is 11.5 Å². The molecule has 22 heavy (non-hydrogen) atoms. The Hall–Kier alpha value is -2.07. The summed E-state index contributed by atoms with van der Waals surface area (Å²) >= 11 is 0. The molecule has 0 radical (unpaired) electrons. The van der Waals surface area contributed by atoms with Crippen molar-refractivity contribution in [3.05, 3.63) is 58.4 Å². The van der Waals surface area contributed by atoms with Crippen LogP contribution in [0.4, 0.5) is 4.39 Å². The van der Waals surface area contributed by atoms with Crippen LogP contribution >= 0.6 is 0 Å². The summed E-state index contributed by atoms with van der Waals surface area (Å²) in [5.41, 5.74) is 4.19. The van der Waals surface area contributed by atoms with Gasteiger partial charge in [0.05, 0.1) is 0 Å². The lowest BCUT2D eigenvalue weighted by atomic mass is 9.71.